The van der Waals surface area contributed by atoms with Gasteiger partial charge in [-0.05, 0) is 33.3 Å². The Hall–Kier alpha value is -1.62. The van der Waals surface area contributed by atoms with E-state index in [2.05, 4.69) is 21.7 Å². The zero-order valence-corrected chi connectivity index (χ0v) is 13.4. The molecule has 0 saturated carbocycles. The van der Waals surface area contributed by atoms with Gasteiger partial charge in [-0.15, -0.1) is 0 Å². The zero-order chi connectivity index (χ0) is 15.6. The molecule has 5 heteroatoms. The molecule has 0 aromatic carbocycles. The van der Waals surface area contributed by atoms with Crippen LogP contribution < -0.4 is 5.32 Å². The van der Waals surface area contributed by atoms with Crippen molar-refractivity contribution in [3.8, 4) is 0 Å². The van der Waals surface area contributed by atoms with Gasteiger partial charge in [-0.2, -0.15) is 0 Å². The number of ketones is 1. The van der Waals surface area contributed by atoms with Crippen molar-refractivity contribution in [2.45, 2.75) is 46.7 Å². The molecule has 2 heterocycles. The standard InChI is InChI=1S/C16H25N3O2/c1-5-19-11(2)8-15(12(19)3)16(21)10-18-7-6-14(9-18)17-13(4)20/h8,14H,5-7,9-10H2,1-4H3,(H,17,20). The first kappa shape index (κ1) is 15.8. The first-order valence-electron chi connectivity index (χ1n) is 7.61. The smallest absolute Gasteiger partial charge is 0.217 e. The monoisotopic (exact) mass is 291 g/mol. The van der Waals surface area contributed by atoms with Gasteiger partial charge in [-0.3, -0.25) is 14.5 Å². The second kappa shape index (κ2) is 6.43. The van der Waals surface area contributed by atoms with Crippen LogP contribution in [0.25, 0.3) is 0 Å². The van der Waals surface area contributed by atoms with Crippen molar-refractivity contribution in [3.05, 3.63) is 23.0 Å². The van der Waals surface area contributed by atoms with Crippen LogP contribution in [0.3, 0.4) is 0 Å². The molecule has 21 heavy (non-hydrogen) atoms. The molecule has 116 valence electrons. The van der Waals surface area contributed by atoms with Crippen LogP contribution in [0.2, 0.25) is 0 Å². The van der Waals surface area contributed by atoms with E-state index < -0.39 is 0 Å². The molecule has 1 aliphatic heterocycles. The maximum atomic E-state index is 12.5. The lowest BCUT2D eigenvalue weighted by Crippen LogP contribution is -2.36. The normalized spacial score (nSPS) is 19.0. The molecule has 0 spiro atoms. The molecule has 1 atom stereocenters. The molecule has 1 saturated heterocycles. The Morgan fingerprint density at radius 3 is 2.67 bits per heavy atom. The third kappa shape index (κ3) is 3.53. The van der Waals surface area contributed by atoms with Crippen LogP contribution in [0.15, 0.2) is 6.07 Å². The SMILES string of the molecule is CCn1c(C)cc(C(=O)CN2CCC(NC(C)=O)C2)c1C. The van der Waals surface area contributed by atoms with Gasteiger partial charge >= 0.3 is 0 Å². The number of aryl methyl sites for hydroxylation is 1. The minimum absolute atomic E-state index is 0.000307. The van der Waals surface area contributed by atoms with E-state index in [1.54, 1.807) is 0 Å². The Bertz CT molecular complexity index is 548. The van der Waals surface area contributed by atoms with Crippen molar-refractivity contribution in [3.63, 3.8) is 0 Å². The number of aromatic nitrogens is 1. The average Bonchev–Trinajstić information content (AvgIpc) is 2.93. The molecule has 0 radical (unpaired) electrons. The van der Waals surface area contributed by atoms with E-state index in [1.165, 1.54) is 6.92 Å². The van der Waals surface area contributed by atoms with E-state index in [9.17, 15) is 9.59 Å². The van der Waals surface area contributed by atoms with Gasteiger partial charge in [0.2, 0.25) is 5.91 Å². The molecule has 5 nitrogen and oxygen atoms in total. The third-order valence-electron chi connectivity index (χ3n) is 4.24. The highest BCUT2D eigenvalue weighted by atomic mass is 16.1. The van der Waals surface area contributed by atoms with Crippen LogP contribution in [0, 0.1) is 13.8 Å². The topological polar surface area (TPSA) is 54.3 Å². The highest BCUT2D eigenvalue weighted by Gasteiger charge is 2.25. The number of hydrogen-bond donors (Lipinski definition) is 1. The van der Waals surface area contributed by atoms with Gasteiger partial charge in [-0.25, -0.2) is 0 Å². The maximum Gasteiger partial charge on any atom is 0.217 e. The van der Waals surface area contributed by atoms with Crippen molar-refractivity contribution in [1.82, 2.24) is 14.8 Å². The Kier molecular flexibility index (Phi) is 4.83. The number of likely N-dealkylation sites (tertiary alicyclic amines) is 1. The number of nitrogens with zero attached hydrogens (tertiary/aromatic N) is 2. The van der Waals surface area contributed by atoms with Gasteiger partial charge in [-0.1, -0.05) is 0 Å². The lowest BCUT2D eigenvalue weighted by atomic mass is 10.1. The summed E-state index contributed by atoms with van der Waals surface area (Å²) in [6, 6.07) is 2.17. The summed E-state index contributed by atoms with van der Waals surface area (Å²) in [6.07, 6.45) is 0.918. The van der Waals surface area contributed by atoms with Gasteiger partial charge in [0.1, 0.15) is 0 Å². The molecule has 1 aromatic heterocycles. The minimum Gasteiger partial charge on any atom is -0.352 e. The van der Waals surface area contributed by atoms with E-state index in [4.69, 9.17) is 0 Å². The Morgan fingerprint density at radius 1 is 1.38 bits per heavy atom. The number of carbonyl (C=O) groups is 2. The van der Waals surface area contributed by atoms with E-state index in [-0.39, 0.29) is 17.7 Å². The summed E-state index contributed by atoms with van der Waals surface area (Å²) < 4.78 is 2.16. The molecule has 0 bridgehead atoms. The van der Waals surface area contributed by atoms with Crippen molar-refractivity contribution in [2.75, 3.05) is 19.6 Å². The van der Waals surface area contributed by atoms with Crippen LogP contribution in [-0.4, -0.2) is 46.8 Å². The first-order valence-corrected chi connectivity index (χ1v) is 7.61. The maximum absolute atomic E-state index is 12.5. The summed E-state index contributed by atoms with van der Waals surface area (Å²) in [5.41, 5.74) is 3.02. The molecule has 1 aromatic rings. The number of rotatable bonds is 5. The number of nitrogens with one attached hydrogen (secondary N) is 1. The molecular weight excluding hydrogens is 266 g/mol. The zero-order valence-electron chi connectivity index (χ0n) is 13.4. The van der Waals surface area contributed by atoms with Crippen LogP contribution in [0.5, 0.6) is 0 Å². The summed E-state index contributed by atoms with van der Waals surface area (Å²) in [6.45, 7) is 10.6. The number of amides is 1. The summed E-state index contributed by atoms with van der Waals surface area (Å²) >= 11 is 0. The average molecular weight is 291 g/mol. The Balaban J connectivity index is 1.98. The number of carbonyl (C=O) groups excluding carboxylic acids is 2. The van der Waals surface area contributed by atoms with Crippen LogP contribution in [0.4, 0.5) is 0 Å². The fourth-order valence-electron chi connectivity index (χ4n) is 3.24. The second-order valence-electron chi connectivity index (χ2n) is 5.87. The molecule has 2 rings (SSSR count). The Labute approximate surface area is 126 Å². The van der Waals surface area contributed by atoms with Crippen LogP contribution in [0.1, 0.15) is 42.0 Å². The molecule has 1 N–H and O–H groups in total. The fraction of sp³-hybridized carbons (Fsp3) is 0.625. The van der Waals surface area contributed by atoms with Crippen LogP contribution >= 0.6 is 0 Å². The quantitative estimate of drug-likeness (QED) is 0.837. The van der Waals surface area contributed by atoms with Crippen molar-refractivity contribution in [2.24, 2.45) is 0 Å². The van der Waals surface area contributed by atoms with E-state index in [1.807, 2.05) is 19.9 Å². The number of Topliss-reactive ketones (excluding diaryl/α,β-unsaturated/α-hetero) is 1. The highest BCUT2D eigenvalue weighted by molar-refractivity contribution is 5.99. The van der Waals surface area contributed by atoms with Crippen molar-refractivity contribution >= 4 is 11.7 Å². The molecule has 0 aliphatic carbocycles. The summed E-state index contributed by atoms with van der Waals surface area (Å²) in [4.78, 5) is 25.7. The lowest BCUT2D eigenvalue weighted by Gasteiger charge is -2.15. The van der Waals surface area contributed by atoms with Crippen molar-refractivity contribution < 1.29 is 9.59 Å². The Morgan fingerprint density at radius 2 is 2.10 bits per heavy atom. The predicted octanol–water partition coefficient (Wildman–Crippen LogP) is 1.52. The third-order valence-corrected chi connectivity index (χ3v) is 4.24. The predicted molar refractivity (Wildman–Crippen MR) is 82.6 cm³/mol. The first-order chi connectivity index (χ1) is 9.92. The summed E-state index contributed by atoms with van der Waals surface area (Å²) in [5.74, 6) is 0.172. The van der Waals surface area contributed by atoms with Crippen LogP contribution in [-0.2, 0) is 11.3 Å². The molecule has 1 aliphatic rings. The summed E-state index contributed by atoms with van der Waals surface area (Å²) in [7, 11) is 0. The molecule has 1 unspecified atom stereocenters. The molecular formula is C16H25N3O2. The minimum atomic E-state index is -0.000307. The van der Waals surface area contributed by atoms with Crippen molar-refractivity contribution in [1.29, 1.82) is 0 Å². The van der Waals surface area contributed by atoms with Gasteiger partial charge in [0.25, 0.3) is 0 Å². The second-order valence-corrected chi connectivity index (χ2v) is 5.87. The fourth-order valence-corrected chi connectivity index (χ4v) is 3.24. The van der Waals surface area contributed by atoms with Gasteiger partial charge in [0.15, 0.2) is 5.78 Å². The largest absolute Gasteiger partial charge is 0.352 e. The van der Waals surface area contributed by atoms with Gasteiger partial charge in [0, 0.05) is 49.6 Å². The molecule has 1 fully saturated rings. The van der Waals surface area contributed by atoms with Gasteiger partial charge in [0.05, 0.1) is 6.54 Å². The van der Waals surface area contributed by atoms with E-state index in [0.717, 1.165) is 43.0 Å². The van der Waals surface area contributed by atoms with Gasteiger partial charge < -0.3 is 9.88 Å². The number of hydrogen-bond acceptors (Lipinski definition) is 3. The lowest BCUT2D eigenvalue weighted by molar-refractivity contribution is -0.119. The molecule has 1 amide bonds. The highest BCUT2D eigenvalue weighted by Crippen LogP contribution is 2.17. The summed E-state index contributed by atoms with van der Waals surface area (Å²) in [5, 5.41) is 2.92. The van der Waals surface area contributed by atoms with E-state index >= 15 is 0 Å². The van der Waals surface area contributed by atoms with E-state index in [0.29, 0.717) is 6.54 Å².